The number of rotatable bonds is 2. The van der Waals surface area contributed by atoms with Crippen molar-refractivity contribution in [3.63, 3.8) is 0 Å². The summed E-state index contributed by atoms with van der Waals surface area (Å²) in [5.74, 6) is 1.32. The first kappa shape index (κ1) is 12.9. The number of hydrogen-bond donors (Lipinski definition) is 1. The summed E-state index contributed by atoms with van der Waals surface area (Å²) in [6.07, 6.45) is 6.33. The molecule has 0 saturated heterocycles. The molecule has 1 aromatic heterocycles. The number of nitrogens with one attached hydrogen (secondary N) is 1. The second kappa shape index (κ2) is 5.12. The Hall–Kier alpha value is -1.09. The lowest BCUT2D eigenvalue weighted by Crippen LogP contribution is -2.20. The molecule has 0 atom stereocenters. The highest BCUT2D eigenvalue weighted by Crippen LogP contribution is 2.32. The molecule has 1 heterocycles. The average Bonchev–Trinajstić information content (AvgIpc) is 2.81. The van der Waals surface area contributed by atoms with Gasteiger partial charge in [-0.25, -0.2) is 0 Å². The molecule has 0 unspecified atom stereocenters. The van der Waals surface area contributed by atoms with Crippen molar-refractivity contribution in [3.05, 3.63) is 34.4 Å². The number of carbonyl (C=O) groups excluding carboxylic acids is 1. The smallest absolute Gasteiger partial charge is 0.168 e. The molecule has 2 aromatic rings. The van der Waals surface area contributed by atoms with E-state index in [0.717, 1.165) is 39.7 Å². The van der Waals surface area contributed by atoms with Gasteiger partial charge in [0.25, 0.3) is 0 Å². The fourth-order valence-electron chi connectivity index (χ4n) is 3.04. The van der Waals surface area contributed by atoms with Crippen LogP contribution in [0.2, 0.25) is 0 Å². The summed E-state index contributed by atoms with van der Waals surface area (Å²) >= 11 is 3.46. The number of carbonyl (C=O) groups is 1. The second-order valence-corrected chi connectivity index (χ2v) is 6.63. The van der Waals surface area contributed by atoms with Crippen LogP contribution in [0.3, 0.4) is 0 Å². The van der Waals surface area contributed by atoms with Crippen LogP contribution >= 0.6 is 15.9 Å². The number of aromatic nitrogens is 1. The highest BCUT2D eigenvalue weighted by Gasteiger charge is 2.26. The molecule has 0 amide bonds. The molecular formula is C16H18BrNO. The fourth-order valence-corrected chi connectivity index (χ4v) is 3.41. The van der Waals surface area contributed by atoms with Gasteiger partial charge in [-0.2, -0.15) is 0 Å². The van der Waals surface area contributed by atoms with Gasteiger partial charge in [-0.05, 0) is 30.9 Å². The first-order chi connectivity index (χ1) is 9.15. The monoisotopic (exact) mass is 319 g/mol. The summed E-state index contributed by atoms with van der Waals surface area (Å²) in [5.41, 5.74) is 1.89. The van der Waals surface area contributed by atoms with Gasteiger partial charge in [-0.15, -0.1) is 0 Å². The molecule has 2 nitrogen and oxygen atoms in total. The molecule has 0 aliphatic heterocycles. The predicted octanol–water partition coefficient (Wildman–Crippen LogP) is 4.94. The quantitative estimate of drug-likeness (QED) is 0.781. The Balaban J connectivity index is 1.89. The van der Waals surface area contributed by atoms with Gasteiger partial charge in [0, 0.05) is 33.1 Å². The Morgan fingerprint density at radius 1 is 1.26 bits per heavy atom. The molecule has 0 spiro atoms. The minimum absolute atomic E-state index is 0.221. The zero-order valence-electron chi connectivity index (χ0n) is 11.1. The van der Waals surface area contributed by atoms with E-state index in [1.165, 1.54) is 12.8 Å². The summed E-state index contributed by atoms with van der Waals surface area (Å²) < 4.78 is 1.03. The van der Waals surface area contributed by atoms with Gasteiger partial charge in [-0.3, -0.25) is 4.79 Å². The zero-order chi connectivity index (χ0) is 13.4. The SMILES string of the molecule is CC1CCC(C(=O)c2c[nH]c3cc(Br)ccc23)CC1. The number of hydrogen-bond acceptors (Lipinski definition) is 1. The van der Waals surface area contributed by atoms with Crippen LogP contribution in [0.1, 0.15) is 43.0 Å². The average molecular weight is 320 g/mol. The summed E-state index contributed by atoms with van der Waals surface area (Å²) in [5, 5.41) is 1.05. The summed E-state index contributed by atoms with van der Waals surface area (Å²) in [6.45, 7) is 2.28. The normalized spacial score (nSPS) is 23.7. The lowest BCUT2D eigenvalue weighted by atomic mass is 9.79. The van der Waals surface area contributed by atoms with E-state index in [1.54, 1.807) is 0 Å². The molecule has 1 fully saturated rings. The highest BCUT2D eigenvalue weighted by molar-refractivity contribution is 9.10. The lowest BCUT2D eigenvalue weighted by molar-refractivity contribution is 0.0877. The van der Waals surface area contributed by atoms with Crippen LogP contribution in [-0.4, -0.2) is 10.8 Å². The van der Waals surface area contributed by atoms with Crippen molar-refractivity contribution in [1.29, 1.82) is 0 Å². The minimum Gasteiger partial charge on any atom is -0.360 e. The van der Waals surface area contributed by atoms with Crippen LogP contribution in [0.15, 0.2) is 28.9 Å². The van der Waals surface area contributed by atoms with Gasteiger partial charge < -0.3 is 4.98 Å². The Labute approximate surface area is 121 Å². The van der Waals surface area contributed by atoms with Crippen molar-refractivity contribution in [3.8, 4) is 0 Å². The van der Waals surface area contributed by atoms with Crippen molar-refractivity contribution in [2.75, 3.05) is 0 Å². The van der Waals surface area contributed by atoms with Gasteiger partial charge in [-0.1, -0.05) is 41.8 Å². The van der Waals surface area contributed by atoms with Crippen molar-refractivity contribution in [1.82, 2.24) is 4.98 Å². The Bertz CT molecular complexity index is 608. The van der Waals surface area contributed by atoms with E-state index in [1.807, 2.05) is 24.4 Å². The summed E-state index contributed by atoms with van der Waals surface area (Å²) in [4.78, 5) is 15.8. The largest absolute Gasteiger partial charge is 0.360 e. The standard InChI is InChI=1S/C16H18BrNO/c1-10-2-4-11(5-3-10)16(19)14-9-18-15-8-12(17)6-7-13(14)15/h6-11,18H,2-5H2,1H3. The third-order valence-electron chi connectivity index (χ3n) is 4.30. The third-order valence-corrected chi connectivity index (χ3v) is 4.79. The number of ketones is 1. The molecule has 100 valence electrons. The van der Waals surface area contributed by atoms with Gasteiger partial charge >= 0.3 is 0 Å². The molecule has 1 aromatic carbocycles. The number of Topliss-reactive ketones (excluding diaryl/α,β-unsaturated/α-hetero) is 1. The Morgan fingerprint density at radius 2 is 2.00 bits per heavy atom. The molecule has 19 heavy (non-hydrogen) atoms. The van der Waals surface area contributed by atoms with E-state index in [2.05, 4.69) is 27.8 Å². The first-order valence-electron chi connectivity index (χ1n) is 6.96. The fraction of sp³-hybridized carbons (Fsp3) is 0.438. The molecule has 3 heteroatoms. The lowest BCUT2D eigenvalue weighted by Gasteiger charge is -2.24. The first-order valence-corrected chi connectivity index (χ1v) is 7.75. The third kappa shape index (κ3) is 2.48. The summed E-state index contributed by atoms with van der Waals surface area (Å²) in [7, 11) is 0. The van der Waals surface area contributed by atoms with Crippen LogP contribution in [-0.2, 0) is 0 Å². The maximum atomic E-state index is 12.6. The Kier molecular flexibility index (Phi) is 3.48. The molecule has 3 rings (SSSR count). The number of H-pyrrole nitrogens is 1. The van der Waals surface area contributed by atoms with Crippen LogP contribution in [0.25, 0.3) is 10.9 Å². The van der Waals surface area contributed by atoms with Crippen LogP contribution in [0.4, 0.5) is 0 Å². The molecule has 1 saturated carbocycles. The van der Waals surface area contributed by atoms with E-state index in [0.29, 0.717) is 5.78 Å². The van der Waals surface area contributed by atoms with Crippen molar-refractivity contribution in [2.45, 2.75) is 32.6 Å². The number of halogens is 1. The topological polar surface area (TPSA) is 32.9 Å². The predicted molar refractivity (Wildman–Crippen MR) is 81.5 cm³/mol. The zero-order valence-corrected chi connectivity index (χ0v) is 12.7. The van der Waals surface area contributed by atoms with E-state index in [4.69, 9.17) is 0 Å². The molecule has 1 aliphatic carbocycles. The van der Waals surface area contributed by atoms with E-state index >= 15 is 0 Å². The number of benzene rings is 1. The number of fused-ring (bicyclic) bond motifs is 1. The maximum Gasteiger partial charge on any atom is 0.168 e. The van der Waals surface area contributed by atoms with Crippen LogP contribution in [0, 0.1) is 11.8 Å². The van der Waals surface area contributed by atoms with Gasteiger partial charge in [0.15, 0.2) is 5.78 Å². The van der Waals surface area contributed by atoms with Crippen LogP contribution in [0.5, 0.6) is 0 Å². The van der Waals surface area contributed by atoms with Gasteiger partial charge in [0.2, 0.25) is 0 Å². The van der Waals surface area contributed by atoms with Crippen LogP contribution < -0.4 is 0 Å². The molecule has 0 bridgehead atoms. The molecular weight excluding hydrogens is 302 g/mol. The van der Waals surface area contributed by atoms with Crippen molar-refractivity contribution < 1.29 is 4.79 Å². The van der Waals surface area contributed by atoms with E-state index in [9.17, 15) is 4.79 Å². The maximum absolute atomic E-state index is 12.6. The summed E-state index contributed by atoms with van der Waals surface area (Å²) in [6, 6.07) is 6.04. The van der Waals surface area contributed by atoms with E-state index in [-0.39, 0.29) is 5.92 Å². The minimum atomic E-state index is 0.221. The molecule has 1 N–H and O–H groups in total. The second-order valence-electron chi connectivity index (χ2n) is 5.71. The van der Waals surface area contributed by atoms with Gasteiger partial charge in [0.1, 0.15) is 0 Å². The van der Waals surface area contributed by atoms with Gasteiger partial charge in [0.05, 0.1) is 0 Å². The molecule has 1 aliphatic rings. The van der Waals surface area contributed by atoms with Crippen molar-refractivity contribution in [2.24, 2.45) is 11.8 Å². The van der Waals surface area contributed by atoms with Crippen molar-refractivity contribution >= 4 is 32.6 Å². The highest BCUT2D eigenvalue weighted by atomic mass is 79.9. The molecule has 0 radical (unpaired) electrons. The van der Waals surface area contributed by atoms with E-state index < -0.39 is 0 Å². The Morgan fingerprint density at radius 3 is 2.74 bits per heavy atom. The number of aromatic amines is 1.